The SMILES string of the molecule is O=C(c1cc(O)ccc1Cl)N(CCO)CCO. The number of carbonyl (C=O) groups excluding carboxylic acids is 1. The monoisotopic (exact) mass is 259 g/mol. The van der Waals surface area contributed by atoms with Crippen LogP contribution in [0.1, 0.15) is 10.4 Å². The third-order valence-electron chi connectivity index (χ3n) is 2.21. The Labute approximate surface area is 104 Å². The topological polar surface area (TPSA) is 81.0 Å². The van der Waals surface area contributed by atoms with Crippen molar-refractivity contribution in [3.05, 3.63) is 28.8 Å². The average molecular weight is 260 g/mol. The number of hydrogen-bond acceptors (Lipinski definition) is 4. The van der Waals surface area contributed by atoms with Crippen LogP contribution in [0.2, 0.25) is 5.02 Å². The van der Waals surface area contributed by atoms with Crippen LogP contribution in [0.3, 0.4) is 0 Å². The molecule has 0 atom stereocenters. The highest BCUT2D eigenvalue weighted by Gasteiger charge is 2.18. The summed E-state index contributed by atoms with van der Waals surface area (Å²) in [5.74, 6) is -0.500. The Morgan fingerprint density at radius 1 is 1.24 bits per heavy atom. The van der Waals surface area contributed by atoms with Crippen molar-refractivity contribution in [2.75, 3.05) is 26.3 Å². The smallest absolute Gasteiger partial charge is 0.255 e. The minimum atomic E-state index is -0.436. The number of aliphatic hydroxyl groups is 2. The molecule has 3 N–H and O–H groups in total. The number of carbonyl (C=O) groups is 1. The van der Waals surface area contributed by atoms with Crippen molar-refractivity contribution < 1.29 is 20.1 Å². The molecule has 1 aromatic rings. The van der Waals surface area contributed by atoms with Crippen LogP contribution < -0.4 is 0 Å². The second-order valence-corrected chi connectivity index (χ2v) is 3.81. The molecule has 0 unspecified atom stereocenters. The third kappa shape index (κ3) is 3.59. The summed E-state index contributed by atoms with van der Waals surface area (Å²) in [5, 5.41) is 27.2. The van der Waals surface area contributed by atoms with Gasteiger partial charge in [-0.05, 0) is 18.2 Å². The molecular weight excluding hydrogens is 246 g/mol. The zero-order valence-corrected chi connectivity index (χ0v) is 9.89. The summed E-state index contributed by atoms with van der Waals surface area (Å²) >= 11 is 5.85. The molecule has 0 aliphatic heterocycles. The first-order chi connectivity index (χ1) is 8.10. The lowest BCUT2D eigenvalue weighted by atomic mass is 10.2. The van der Waals surface area contributed by atoms with Crippen molar-refractivity contribution in [2.45, 2.75) is 0 Å². The van der Waals surface area contributed by atoms with Crippen LogP contribution in [0.25, 0.3) is 0 Å². The van der Waals surface area contributed by atoms with Crippen LogP contribution in [0.15, 0.2) is 18.2 Å². The number of halogens is 1. The summed E-state index contributed by atoms with van der Waals surface area (Å²) in [5.41, 5.74) is 0.147. The fourth-order valence-corrected chi connectivity index (χ4v) is 1.60. The van der Waals surface area contributed by atoms with Crippen molar-refractivity contribution >= 4 is 17.5 Å². The maximum Gasteiger partial charge on any atom is 0.255 e. The number of nitrogens with zero attached hydrogens (tertiary/aromatic N) is 1. The molecule has 0 saturated heterocycles. The van der Waals surface area contributed by atoms with E-state index in [1.807, 2.05) is 0 Å². The zero-order valence-electron chi connectivity index (χ0n) is 9.14. The Bertz CT molecular complexity index is 391. The Balaban J connectivity index is 2.95. The predicted octanol–water partition coefficient (Wildman–Crippen LogP) is 0.472. The summed E-state index contributed by atoms with van der Waals surface area (Å²) in [7, 11) is 0. The van der Waals surface area contributed by atoms with Crippen molar-refractivity contribution in [3.63, 3.8) is 0 Å². The molecule has 0 heterocycles. The molecule has 5 nitrogen and oxygen atoms in total. The molecule has 0 aliphatic carbocycles. The molecule has 17 heavy (non-hydrogen) atoms. The van der Waals surface area contributed by atoms with Gasteiger partial charge in [-0.15, -0.1) is 0 Å². The van der Waals surface area contributed by atoms with Crippen molar-refractivity contribution in [2.24, 2.45) is 0 Å². The van der Waals surface area contributed by atoms with Crippen LogP contribution in [0, 0.1) is 0 Å². The molecule has 0 fully saturated rings. The highest BCUT2D eigenvalue weighted by Crippen LogP contribution is 2.22. The highest BCUT2D eigenvalue weighted by molar-refractivity contribution is 6.33. The summed E-state index contributed by atoms with van der Waals surface area (Å²) in [6, 6.07) is 4.05. The molecule has 0 bridgehead atoms. The number of amides is 1. The van der Waals surface area contributed by atoms with Crippen LogP contribution in [-0.2, 0) is 0 Å². The summed E-state index contributed by atoms with van der Waals surface area (Å²) in [6.45, 7) is -0.207. The molecule has 0 aliphatic rings. The van der Waals surface area contributed by atoms with E-state index < -0.39 is 5.91 Å². The second kappa shape index (κ2) is 6.44. The number of hydrogen-bond donors (Lipinski definition) is 3. The van der Waals surface area contributed by atoms with E-state index in [4.69, 9.17) is 21.8 Å². The Kier molecular flexibility index (Phi) is 5.21. The molecule has 0 aromatic heterocycles. The van der Waals surface area contributed by atoms with Gasteiger partial charge in [-0.2, -0.15) is 0 Å². The van der Waals surface area contributed by atoms with Gasteiger partial charge in [0.15, 0.2) is 0 Å². The number of aliphatic hydroxyl groups excluding tert-OH is 2. The van der Waals surface area contributed by atoms with E-state index in [0.29, 0.717) is 0 Å². The van der Waals surface area contributed by atoms with E-state index in [2.05, 4.69) is 0 Å². The summed E-state index contributed by atoms with van der Waals surface area (Å²) in [4.78, 5) is 13.3. The lowest BCUT2D eigenvalue weighted by Crippen LogP contribution is -2.36. The molecule has 1 rings (SSSR count). The Morgan fingerprint density at radius 2 is 1.82 bits per heavy atom. The largest absolute Gasteiger partial charge is 0.508 e. The first-order valence-electron chi connectivity index (χ1n) is 5.09. The van der Waals surface area contributed by atoms with E-state index in [0.717, 1.165) is 0 Å². The molecule has 0 spiro atoms. The van der Waals surface area contributed by atoms with Gasteiger partial charge >= 0.3 is 0 Å². The molecular formula is C11H14ClNO4. The standard InChI is InChI=1S/C11H14ClNO4/c12-10-2-1-8(16)7-9(10)11(17)13(3-5-14)4-6-15/h1-2,7,14-16H,3-6H2. The molecule has 0 radical (unpaired) electrons. The van der Waals surface area contributed by atoms with Gasteiger partial charge in [0.05, 0.1) is 23.8 Å². The molecule has 6 heteroatoms. The minimum absolute atomic E-state index is 0.0642. The van der Waals surface area contributed by atoms with Crippen molar-refractivity contribution in [1.82, 2.24) is 4.90 Å². The molecule has 94 valence electrons. The van der Waals surface area contributed by atoms with Gasteiger partial charge in [0.25, 0.3) is 5.91 Å². The quantitative estimate of drug-likeness (QED) is 0.718. The lowest BCUT2D eigenvalue weighted by molar-refractivity contribution is 0.0684. The van der Waals surface area contributed by atoms with Gasteiger partial charge in [-0.3, -0.25) is 4.79 Å². The Hall–Kier alpha value is -1.30. The number of phenolic OH excluding ortho intramolecular Hbond substituents is 1. The number of rotatable bonds is 5. The first kappa shape index (κ1) is 13.8. The van der Waals surface area contributed by atoms with Crippen LogP contribution in [-0.4, -0.2) is 52.4 Å². The van der Waals surface area contributed by atoms with Gasteiger partial charge in [-0.1, -0.05) is 11.6 Å². The highest BCUT2D eigenvalue weighted by atomic mass is 35.5. The van der Waals surface area contributed by atoms with Crippen molar-refractivity contribution in [3.8, 4) is 5.75 Å². The van der Waals surface area contributed by atoms with Gasteiger partial charge in [-0.25, -0.2) is 0 Å². The average Bonchev–Trinajstić information content (AvgIpc) is 2.31. The Morgan fingerprint density at radius 3 is 2.35 bits per heavy atom. The second-order valence-electron chi connectivity index (χ2n) is 3.40. The van der Waals surface area contributed by atoms with E-state index in [-0.39, 0.29) is 42.6 Å². The molecule has 0 saturated carbocycles. The fourth-order valence-electron chi connectivity index (χ4n) is 1.40. The summed E-state index contributed by atoms with van der Waals surface area (Å²) in [6.07, 6.45) is 0. The van der Waals surface area contributed by atoms with E-state index in [1.165, 1.54) is 23.1 Å². The first-order valence-corrected chi connectivity index (χ1v) is 5.47. The van der Waals surface area contributed by atoms with Gasteiger partial charge < -0.3 is 20.2 Å². The lowest BCUT2D eigenvalue weighted by Gasteiger charge is -2.21. The molecule has 1 amide bonds. The number of benzene rings is 1. The van der Waals surface area contributed by atoms with Crippen LogP contribution in [0.5, 0.6) is 5.75 Å². The van der Waals surface area contributed by atoms with Gasteiger partial charge in [0.1, 0.15) is 5.75 Å². The zero-order chi connectivity index (χ0) is 12.8. The predicted molar refractivity (Wildman–Crippen MR) is 63.2 cm³/mol. The van der Waals surface area contributed by atoms with Crippen LogP contribution in [0.4, 0.5) is 0 Å². The number of phenols is 1. The van der Waals surface area contributed by atoms with E-state index >= 15 is 0 Å². The number of aromatic hydroxyl groups is 1. The van der Waals surface area contributed by atoms with Crippen LogP contribution >= 0.6 is 11.6 Å². The maximum absolute atomic E-state index is 12.0. The molecule has 1 aromatic carbocycles. The summed E-state index contributed by atoms with van der Waals surface area (Å²) < 4.78 is 0. The maximum atomic E-state index is 12.0. The van der Waals surface area contributed by atoms with E-state index in [1.54, 1.807) is 0 Å². The normalized spacial score (nSPS) is 10.3. The van der Waals surface area contributed by atoms with Gasteiger partial charge in [0, 0.05) is 13.1 Å². The third-order valence-corrected chi connectivity index (χ3v) is 2.54. The van der Waals surface area contributed by atoms with Gasteiger partial charge in [0.2, 0.25) is 0 Å². The van der Waals surface area contributed by atoms with Crippen molar-refractivity contribution in [1.29, 1.82) is 0 Å². The van der Waals surface area contributed by atoms with E-state index in [9.17, 15) is 9.90 Å². The minimum Gasteiger partial charge on any atom is -0.508 e. The fraction of sp³-hybridized carbons (Fsp3) is 0.364.